The van der Waals surface area contributed by atoms with Gasteiger partial charge in [-0.1, -0.05) is 6.07 Å². The van der Waals surface area contributed by atoms with Crippen molar-refractivity contribution in [2.75, 3.05) is 43.1 Å². The molecule has 1 aromatic carbocycles. The molecule has 10 heteroatoms. The number of hydrogen-bond donors (Lipinski definition) is 1. The topological polar surface area (TPSA) is 96.9 Å². The summed E-state index contributed by atoms with van der Waals surface area (Å²) in [6, 6.07) is 10.1. The van der Waals surface area contributed by atoms with E-state index in [9.17, 15) is 14.0 Å². The minimum Gasteiger partial charge on any atom is -0.481 e. The van der Waals surface area contributed by atoms with Gasteiger partial charge in [0.2, 0.25) is 11.8 Å². The summed E-state index contributed by atoms with van der Waals surface area (Å²) in [5.74, 6) is -0.165. The fourth-order valence-corrected chi connectivity index (χ4v) is 4.15. The lowest BCUT2D eigenvalue weighted by Gasteiger charge is -2.40. The predicted molar refractivity (Wildman–Crippen MR) is 124 cm³/mol. The van der Waals surface area contributed by atoms with Crippen molar-refractivity contribution in [3.05, 3.63) is 54.0 Å². The smallest absolute Gasteiger partial charge is 0.414 e. The Kier molecular flexibility index (Phi) is 5.64. The average molecular weight is 465 g/mol. The highest BCUT2D eigenvalue weighted by Crippen LogP contribution is 2.31. The SMILES string of the molecule is COc1ccc2nccc(N3CC(C(=O)NCC4CN(c5ccc(C)c(F)c5)C(=O)O4)C3)c2n1. The summed E-state index contributed by atoms with van der Waals surface area (Å²) in [4.78, 5) is 37.2. The Morgan fingerprint density at radius 3 is 2.82 bits per heavy atom. The van der Waals surface area contributed by atoms with Crippen LogP contribution in [0.4, 0.5) is 20.6 Å². The lowest BCUT2D eigenvalue weighted by atomic mass is 9.98. The van der Waals surface area contributed by atoms with Gasteiger partial charge in [-0.2, -0.15) is 0 Å². The monoisotopic (exact) mass is 465 g/mol. The first-order chi connectivity index (χ1) is 16.4. The zero-order valence-corrected chi connectivity index (χ0v) is 18.8. The van der Waals surface area contributed by atoms with Gasteiger partial charge in [-0.3, -0.25) is 14.7 Å². The van der Waals surface area contributed by atoms with E-state index in [2.05, 4.69) is 20.2 Å². The molecular formula is C24H24FN5O4. The molecule has 0 bridgehead atoms. The summed E-state index contributed by atoms with van der Waals surface area (Å²) >= 11 is 0. The largest absolute Gasteiger partial charge is 0.481 e. The van der Waals surface area contributed by atoms with Crippen molar-refractivity contribution in [2.45, 2.75) is 13.0 Å². The molecule has 34 heavy (non-hydrogen) atoms. The van der Waals surface area contributed by atoms with Gasteiger partial charge < -0.3 is 19.7 Å². The van der Waals surface area contributed by atoms with Crippen LogP contribution in [0.1, 0.15) is 5.56 Å². The van der Waals surface area contributed by atoms with Crippen LogP contribution < -0.4 is 19.9 Å². The van der Waals surface area contributed by atoms with E-state index < -0.39 is 12.2 Å². The second-order valence-electron chi connectivity index (χ2n) is 8.45. The second kappa shape index (κ2) is 8.77. The highest BCUT2D eigenvalue weighted by molar-refractivity contribution is 5.91. The highest BCUT2D eigenvalue weighted by Gasteiger charge is 2.36. The molecule has 176 valence electrons. The number of benzene rings is 1. The van der Waals surface area contributed by atoms with E-state index in [1.807, 2.05) is 12.1 Å². The Morgan fingerprint density at radius 2 is 2.06 bits per heavy atom. The maximum absolute atomic E-state index is 13.9. The number of rotatable bonds is 6. The first-order valence-electron chi connectivity index (χ1n) is 11.0. The van der Waals surface area contributed by atoms with Crippen LogP contribution in [-0.4, -0.2) is 61.4 Å². The van der Waals surface area contributed by atoms with E-state index in [0.717, 1.165) is 16.7 Å². The second-order valence-corrected chi connectivity index (χ2v) is 8.45. The van der Waals surface area contributed by atoms with Crippen LogP contribution in [0.15, 0.2) is 42.6 Å². The molecule has 0 saturated carbocycles. The molecule has 0 spiro atoms. The average Bonchev–Trinajstić information content (AvgIpc) is 3.18. The summed E-state index contributed by atoms with van der Waals surface area (Å²) < 4.78 is 24.4. The number of cyclic esters (lactones) is 1. The molecule has 2 aromatic heterocycles. The molecule has 3 aromatic rings. The molecule has 4 heterocycles. The Morgan fingerprint density at radius 1 is 1.24 bits per heavy atom. The molecule has 1 unspecified atom stereocenters. The third kappa shape index (κ3) is 4.07. The number of nitrogens with one attached hydrogen (secondary N) is 1. The lowest BCUT2D eigenvalue weighted by molar-refractivity contribution is -0.126. The van der Waals surface area contributed by atoms with Crippen molar-refractivity contribution in [1.29, 1.82) is 0 Å². The third-order valence-electron chi connectivity index (χ3n) is 6.18. The Hall–Kier alpha value is -3.95. The minimum absolute atomic E-state index is 0.101. The molecule has 2 saturated heterocycles. The van der Waals surface area contributed by atoms with Crippen LogP contribution in [-0.2, 0) is 9.53 Å². The van der Waals surface area contributed by atoms with Crippen LogP contribution >= 0.6 is 0 Å². The van der Waals surface area contributed by atoms with Crippen LogP contribution in [0.5, 0.6) is 5.88 Å². The maximum Gasteiger partial charge on any atom is 0.414 e. The standard InChI is InChI=1S/C24H24FN5O4/c1-14-3-4-16(9-18(14)25)30-13-17(34-24(30)32)10-27-23(31)15-11-29(12-15)20-7-8-26-19-5-6-21(33-2)28-22(19)20/h3-9,15,17H,10-13H2,1-2H3,(H,27,31). The number of carbonyl (C=O) groups is 2. The summed E-state index contributed by atoms with van der Waals surface area (Å²) in [7, 11) is 1.56. The van der Waals surface area contributed by atoms with Gasteiger partial charge >= 0.3 is 6.09 Å². The van der Waals surface area contributed by atoms with Crippen molar-refractivity contribution in [2.24, 2.45) is 5.92 Å². The van der Waals surface area contributed by atoms with Gasteiger partial charge in [0.15, 0.2) is 0 Å². The first kappa shape index (κ1) is 21.9. The minimum atomic E-state index is -0.551. The molecule has 1 N–H and O–H groups in total. The number of halogens is 1. The third-order valence-corrected chi connectivity index (χ3v) is 6.18. The summed E-state index contributed by atoms with van der Waals surface area (Å²) in [6.45, 7) is 3.19. The number of pyridine rings is 2. The van der Waals surface area contributed by atoms with E-state index in [0.29, 0.717) is 30.2 Å². The van der Waals surface area contributed by atoms with Gasteiger partial charge in [-0.05, 0) is 36.8 Å². The van der Waals surface area contributed by atoms with Crippen molar-refractivity contribution in [3.63, 3.8) is 0 Å². The van der Waals surface area contributed by atoms with Crippen molar-refractivity contribution in [3.8, 4) is 5.88 Å². The number of aromatic nitrogens is 2. The number of anilines is 2. The van der Waals surface area contributed by atoms with Gasteiger partial charge in [0.1, 0.15) is 17.4 Å². The van der Waals surface area contributed by atoms with Gasteiger partial charge in [-0.15, -0.1) is 0 Å². The fourth-order valence-electron chi connectivity index (χ4n) is 4.15. The normalized spacial score (nSPS) is 18.1. The molecule has 0 radical (unpaired) electrons. The van der Waals surface area contributed by atoms with E-state index in [1.165, 1.54) is 11.0 Å². The molecule has 2 fully saturated rings. The number of ether oxygens (including phenoxy) is 2. The number of aryl methyl sites for hydroxylation is 1. The van der Waals surface area contributed by atoms with Gasteiger partial charge in [0.05, 0.1) is 43.0 Å². The van der Waals surface area contributed by atoms with E-state index in [-0.39, 0.29) is 30.7 Å². The number of methoxy groups -OCH3 is 1. The summed E-state index contributed by atoms with van der Waals surface area (Å²) in [6.07, 6.45) is 0.668. The lowest BCUT2D eigenvalue weighted by Crippen LogP contribution is -2.54. The van der Waals surface area contributed by atoms with Gasteiger partial charge in [0.25, 0.3) is 0 Å². The molecule has 2 aliphatic heterocycles. The number of fused-ring (bicyclic) bond motifs is 1. The molecule has 5 rings (SSSR count). The number of hydrogen-bond acceptors (Lipinski definition) is 7. The molecule has 2 amide bonds. The molecule has 1 atom stereocenters. The first-order valence-corrected chi connectivity index (χ1v) is 11.0. The van der Waals surface area contributed by atoms with Crippen LogP contribution in [0, 0.1) is 18.7 Å². The van der Waals surface area contributed by atoms with Crippen molar-refractivity contribution < 1.29 is 23.5 Å². The predicted octanol–water partition coefficient (Wildman–Crippen LogP) is 2.66. The molecule has 9 nitrogen and oxygen atoms in total. The molecular weight excluding hydrogens is 441 g/mol. The highest BCUT2D eigenvalue weighted by atomic mass is 19.1. The number of carbonyl (C=O) groups excluding carboxylic acids is 2. The summed E-state index contributed by atoms with van der Waals surface area (Å²) in [5.41, 5.74) is 3.33. The van der Waals surface area contributed by atoms with Crippen LogP contribution in [0.3, 0.4) is 0 Å². The zero-order chi connectivity index (χ0) is 23.8. The van der Waals surface area contributed by atoms with Crippen molar-refractivity contribution in [1.82, 2.24) is 15.3 Å². The van der Waals surface area contributed by atoms with E-state index >= 15 is 0 Å². The van der Waals surface area contributed by atoms with E-state index in [4.69, 9.17) is 9.47 Å². The van der Waals surface area contributed by atoms with Crippen LogP contribution in [0.2, 0.25) is 0 Å². The number of nitrogens with zero attached hydrogens (tertiary/aromatic N) is 4. The Labute approximate surface area is 195 Å². The molecule has 0 aliphatic carbocycles. The number of amides is 2. The summed E-state index contributed by atoms with van der Waals surface area (Å²) in [5, 5.41) is 2.88. The van der Waals surface area contributed by atoms with Crippen molar-refractivity contribution >= 4 is 34.4 Å². The van der Waals surface area contributed by atoms with Gasteiger partial charge in [-0.25, -0.2) is 14.2 Å². The Balaban J connectivity index is 1.16. The zero-order valence-electron chi connectivity index (χ0n) is 18.8. The van der Waals surface area contributed by atoms with Gasteiger partial charge in [0, 0.05) is 25.4 Å². The quantitative estimate of drug-likeness (QED) is 0.598. The maximum atomic E-state index is 13.9. The van der Waals surface area contributed by atoms with Crippen LogP contribution in [0.25, 0.3) is 11.0 Å². The fraction of sp³-hybridized carbons (Fsp3) is 0.333. The Bertz CT molecular complexity index is 1260. The van der Waals surface area contributed by atoms with E-state index in [1.54, 1.807) is 38.4 Å². The molecule has 2 aliphatic rings.